The molecule has 3 rings (SSSR count). The number of rotatable bonds is 5. The van der Waals surface area contributed by atoms with Crippen LogP contribution in [0.3, 0.4) is 0 Å². The highest BCUT2D eigenvalue weighted by Crippen LogP contribution is 2.30. The van der Waals surface area contributed by atoms with Crippen LogP contribution in [0, 0.1) is 11.7 Å². The van der Waals surface area contributed by atoms with E-state index in [2.05, 4.69) is 4.90 Å². The lowest BCUT2D eigenvalue weighted by molar-refractivity contribution is -0.159. The van der Waals surface area contributed by atoms with Crippen LogP contribution in [-0.4, -0.2) is 54.4 Å². The number of hydrogen-bond acceptors (Lipinski definition) is 4. The van der Waals surface area contributed by atoms with Gasteiger partial charge >= 0.3 is 5.97 Å². The summed E-state index contributed by atoms with van der Waals surface area (Å²) < 4.78 is 24.1. The molecule has 0 spiro atoms. The fraction of sp³-hybridized carbons (Fsp3) is 0.588. The van der Waals surface area contributed by atoms with Crippen LogP contribution in [0.1, 0.15) is 19.3 Å². The predicted octanol–water partition coefficient (Wildman–Crippen LogP) is 2.16. The number of likely N-dealkylation sites (tertiary alicyclic amines) is 1. The smallest absolute Gasteiger partial charge is 0.348 e. The molecule has 2 heterocycles. The Kier molecular flexibility index (Phi) is 4.82. The van der Waals surface area contributed by atoms with Gasteiger partial charge in [0.1, 0.15) is 11.6 Å². The van der Waals surface area contributed by atoms with Crippen LogP contribution in [-0.2, 0) is 9.53 Å². The molecule has 0 aliphatic carbocycles. The fourth-order valence-electron chi connectivity index (χ4n) is 3.28. The van der Waals surface area contributed by atoms with Crippen LogP contribution in [0.4, 0.5) is 4.39 Å². The number of nitrogens with zero attached hydrogens (tertiary/aromatic N) is 1. The number of ether oxygens (including phenoxy) is 2. The van der Waals surface area contributed by atoms with E-state index in [-0.39, 0.29) is 5.82 Å². The Labute approximate surface area is 135 Å². The van der Waals surface area contributed by atoms with E-state index in [1.54, 1.807) is 0 Å². The average Bonchev–Trinajstić information content (AvgIpc) is 3.04. The van der Waals surface area contributed by atoms with Gasteiger partial charge in [-0.05, 0) is 36.6 Å². The zero-order valence-electron chi connectivity index (χ0n) is 13.0. The Morgan fingerprint density at radius 1 is 1.35 bits per heavy atom. The zero-order chi connectivity index (χ0) is 16.3. The first-order chi connectivity index (χ1) is 11.1. The largest absolute Gasteiger partial charge is 0.478 e. The molecular weight excluding hydrogens is 301 g/mol. The Morgan fingerprint density at radius 2 is 2.04 bits per heavy atom. The molecule has 6 heteroatoms. The van der Waals surface area contributed by atoms with Gasteiger partial charge in [0.25, 0.3) is 0 Å². The van der Waals surface area contributed by atoms with Crippen molar-refractivity contribution >= 4 is 5.97 Å². The molecule has 2 aliphatic rings. The van der Waals surface area contributed by atoms with Gasteiger partial charge in [-0.2, -0.15) is 0 Å². The number of benzene rings is 1. The monoisotopic (exact) mass is 323 g/mol. The third-order valence-corrected chi connectivity index (χ3v) is 4.72. The minimum absolute atomic E-state index is 0.365. The maximum Gasteiger partial charge on any atom is 0.348 e. The van der Waals surface area contributed by atoms with E-state index in [0.29, 0.717) is 37.6 Å². The van der Waals surface area contributed by atoms with Gasteiger partial charge in [-0.25, -0.2) is 9.18 Å². The summed E-state index contributed by atoms with van der Waals surface area (Å²) >= 11 is 0. The van der Waals surface area contributed by atoms with Crippen molar-refractivity contribution in [2.75, 3.05) is 32.8 Å². The molecule has 0 aromatic heterocycles. The molecule has 1 aromatic carbocycles. The number of carbonyl (C=O) groups is 1. The van der Waals surface area contributed by atoms with Crippen LogP contribution in [0.15, 0.2) is 24.3 Å². The van der Waals surface area contributed by atoms with Gasteiger partial charge in [-0.1, -0.05) is 0 Å². The molecule has 0 unspecified atom stereocenters. The van der Waals surface area contributed by atoms with Crippen molar-refractivity contribution in [3.05, 3.63) is 30.1 Å². The molecule has 1 N–H and O–H groups in total. The highest BCUT2D eigenvalue weighted by Gasteiger charge is 2.44. The Morgan fingerprint density at radius 3 is 2.61 bits per heavy atom. The first-order valence-electron chi connectivity index (χ1n) is 8.05. The lowest BCUT2D eigenvalue weighted by Crippen LogP contribution is -2.53. The van der Waals surface area contributed by atoms with Crippen LogP contribution in [0.2, 0.25) is 0 Å². The van der Waals surface area contributed by atoms with Gasteiger partial charge < -0.3 is 19.5 Å². The molecule has 0 saturated carbocycles. The topological polar surface area (TPSA) is 59.0 Å². The molecule has 0 bridgehead atoms. The summed E-state index contributed by atoms with van der Waals surface area (Å²) in [5, 5.41) is 9.64. The normalized spacial score (nSPS) is 24.5. The molecule has 23 heavy (non-hydrogen) atoms. The average molecular weight is 323 g/mol. The summed E-state index contributed by atoms with van der Waals surface area (Å²) in [6.45, 7) is 3.94. The molecule has 0 radical (unpaired) electrons. The molecule has 2 fully saturated rings. The molecule has 5 nitrogen and oxygen atoms in total. The first kappa shape index (κ1) is 16.2. The first-order valence-corrected chi connectivity index (χ1v) is 8.05. The summed E-state index contributed by atoms with van der Waals surface area (Å²) in [4.78, 5) is 14.0. The summed E-state index contributed by atoms with van der Waals surface area (Å²) in [5.41, 5.74) is -1.22. The number of hydrogen-bond donors (Lipinski definition) is 1. The SMILES string of the molecule is O=C(O)C1(Oc2ccc(F)cc2)CCN(C[C@H]2CCOC2)CC1. The van der Waals surface area contributed by atoms with Gasteiger partial charge in [0.15, 0.2) is 0 Å². The fourth-order valence-corrected chi connectivity index (χ4v) is 3.28. The van der Waals surface area contributed by atoms with Gasteiger partial charge in [0.05, 0.1) is 6.61 Å². The van der Waals surface area contributed by atoms with E-state index in [1.165, 1.54) is 24.3 Å². The van der Waals surface area contributed by atoms with Gasteiger partial charge in [0.2, 0.25) is 5.60 Å². The van der Waals surface area contributed by atoms with Crippen molar-refractivity contribution in [3.63, 3.8) is 0 Å². The second kappa shape index (κ2) is 6.84. The predicted molar refractivity (Wildman–Crippen MR) is 82.0 cm³/mol. The minimum atomic E-state index is -1.22. The Balaban J connectivity index is 1.61. The van der Waals surface area contributed by atoms with Gasteiger partial charge in [-0.15, -0.1) is 0 Å². The van der Waals surface area contributed by atoms with E-state index in [4.69, 9.17) is 9.47 Å². The Bertz CT molecular complexity index is 534. The van der Waals surface area contributed by atoms with Crippen LogP contribution in [0.25, 0.3) is 0 Å². The number of halogens is 1. The quantitative estimate of drug-likeness (QED) is 0.900. The molecule has 2 aliphatic heterocycles. The maximum absolute atomic E-state index is 13.0. The van der Waals surface area contributed by atoms with Crippen LogP contribution in [0.5, 0.6) is 5.75 Å². The third-order valence-electron chi connectivity index (χ3n) is 4.72. The van der Waals surface area contributed by atoms with Crippen molar-refractivity contribution in [1.82, 2.24) is 4.90 Å². The van der Waals surface area contributed by atoms with Crippen LogP contribution < -0.4 is 4.74 Å². The van der Waals surface area contributed by atoms with Crippen molar-refractivity contribution in [2.45, 2.75) is 24.9 Å². The molecular formula is C17H22FNO4. The lowest BCUT2D eigenvalue weighted by atomic mass is 9.90. The standard InChI is InChI=1S/C17H22FNO4/c18-14-1-3-15(4-2-14)23-17(16(20)21)6-8-19(9-7-17)11-13-5-10-22-12-13/h1-4,13H,5-12H2,(H,20,21)/t13-/m1/s1. The molecule has 1 atom stereocenters. The van der Waals surface area contributed by atoms with Crippen molar-refractivity contribution in [1.29, 1.82) is 0 Å². The second-order valence-corrected chi connectivity index (χ2v) is 6.39. The number of aliphatic carboxylic acids is 1. The summed E-state index contributed by atoms with van der Waals surface area (Å²) in [6.07, 6.45) is 1.92. The Hall–Kier alpha value is -1.66. The van der Waals surface area contributed by atoms with E-state index in [0.717, 1.165) is 26.2 Å². The van der Waals surface area contributed by atoms with Crippen LogP contribution >= 0.6 is 0 Å². The maximum atomic E-state index is 13.0. The van der Waals surface area contributed by atoms with Crippen molar-refractivity contribution < 1.29 is 23.8 Å². The van der Waals surface area contributed by atoms with Crippen molar-refractivity contribution in [2.24, 2.45) is 5.92 Å². The highest BCUT2D eigenvalue weighted by atomic mass is 19.1. The summed E-state index contributed by atoms with van der Waals surface area (Å²) in [6, 6.07) is 5.50. The van der Waals surface area contributed by atoms with E-state index >= 15 is 0 Å². The van der Waals surface area contributed by atoms with E-state index in [1.807, 2.05) is 0 Å². The number of carboxylic acids is 1. The number of carboxylic acid groups (broad SMARTS) is 1. The molecule has 2 saturated heterocycles. The number of piperidine rings is 1. The molecule has 0 amide bonds. The highest BCUT2D eigenvalue weighted by molar-refractivity contribution is 5.78. The van der Waals surface area contributed by atoms with E-state index < -0.39 is 11.6 Å². The van der Waals surface area contributed by atoms with Gasteiger partial charge in [0, 0.05) is 39.1 Å². The van der Waals surface area contributed by atoms with Crippen molar-refractivity contribution in [3.8, 4) is 5.75 Å². The molecule has 126 valence electrons. The van der Waals surface area contributed by atoms with E-state index in [9.17, 15) is 14.3 Å². The minimum Gasteiger partial charge on any atom is -0.478 e. The summed E-state index contributed by atoms with van der Waals surface area (Å²) in [7, 11) is 0. The molecule has 1 aromatic rings. The lowest BCUT2D eigenvalue weighted by Gasteiger charge is -2.39. The summed E-state index contributed by atoms with van der Waals surface area (Å²) in [5.74, 6) is -0.377. The second-order valence-electron chi connectivity index (χ2n) is 6.39. The third kappa shape index (κ3) is 3.82. The zero-order valence-corrected chi connectivity index (χ0v) is 13.0. The van der Waals surface area contributed by atoms with Gasteiger partial charge in [-0.3, -0.25) is 0 Å².